The van der Waals surface area contributed by atoms with Gasteiger partial charge in [-0.3, -0.25) is 9.69 Å². The third kappa shape index (κ3) is 4.94. The molecule has 6 nitrogen and oxygen atoms in total. The number of hydrogen-bond acceptors (Lipinski definition) is 8. The molecular formula is C29H29N5OS2. The molecule has 0 amide bonds. The average molecular weight is 528 g/mol. The van der Waals surface area contributed by atoms with E-state index in [1.165, 1.54) is 22.5 Å². The molecule has 1 aliphatic heterocycles. The van der Waals surface area contributed by atoms with Gasteiger partial charge in [0.15, 0.2) is 10.1 Å². The van der Waals surface area contributed by atoms with Crippen LogP contribution in [0.25, 0.3) is 0 Å². The van der Waals surface area contributed by atoms with Gasteiger partial charge >= 0.3 is 0 Å². The Kier molecular flexibility index (Phi) is 6.93. The standard InChI is InChI=1S/C29H29N5OS2/c1-4-18-10-12-20(13-11-18)24-21(16-30)26(31)34(22-14-29(2,3)15-23(35)25(22)24)27-32-33-28(37-27)36-17-19-8-6-5-7-9-19/h5-13,24H,4,14-15,17,31H2,1-3H3. The highest BCUT2D eigenvalue weighted by Gasteiger charge is 2.45. The molecule has 1 atom stereocenters. The maximum atomic E-state index is 13.7. The van der Waals surface area contributed by atoms with Crippen molar-refractivity contribution in [3.8, 4) is 6.07 Å². The number of benzene rings is 2. The van der Waals surface area contributed by atoms with Gasteiger partial charge in [0.2, 0.25) is 5.13 Å². The SMILES string of the molecule is CCc1ccc(C2C(C#N)=C(N)N(c3nnc(SCc4ccccc4)s3)C3=C2C(=O)CC(C)(C)C3)cc1. The Bertz CT molecular complexity index is 1430. The molecule has 2 aromatic carbocycles. The lowest BCUT2D eigenvalue weighted by Gasteiger charge is -2.42. The summed E-state index contributed by atoms with van der Waals surface area (Å²) in [6, 6.07) is 20.7. The molecule has 1 aromatic heterocycles. The average Bonchev–Trinajstić information content (AvgIpc) is 3.35. The second-order valence-corrected chi connectivity index (χ2v) is 12.4. The third-order valence-electron chi connectivity index (χ3n) is 6.89. The molecule has 3 aromatic rings. The van der Waals surface area contributed by atoms with Crippen LogP contribution in [0.3, 0.4) is 0 Å². The topological polar surface area (TPSA) is 95.9 Å². The molecule has 2 heterocycles. The highest BCUT2D eigenvalue weighted by atomic mass is 32.2. The summed E-state index contributed by atoms with van der Waals surface area (Å²) in [6.07, 6.45) is 2.00. The summed E-state index contributed by atoms with van der Waals surface area (Å²) in [5, 5.41) is 19.7. The van der Waals surface area contributed by atoms with Crippen LogP contribution in [0.2, 0.25) is 0 Å². The molecule has 1 unspecified atom stereocenters. The molecule has 0 saturated carbocycles. The van der Waals surface area contributed by atoms with E-state index in [4.69, 9.17) is 5.73 Å². The number of nitrogens with two attached hydrogens (primary N) is 1. The number of Topliss-reactive ketones (excluding diaryl/α,β-unsaturated/α-hetero) is 1. The molecule has 2 N–H and O–H groups in total. The summed E-state index contributed by atoms with van der Waals surface area (Å²) in [7, 11) is 0. The number of rotatable bonds is 6. The number of thioether (sulfide) groups is 1. The Morgan fingerprint density at radius 1 is 1.11 bits per heavy atom. The predicted octanol–water partition coefficient (Wildman–Crippen LogP) is 6.33. The first kappa shape index (κ1) is 25.2. The molecule has 37 heavy (non-hydrogen) atoms. The van der Waals surface area contributed by atoms with Crippen molar-refractivity contribution >= 4 is 34.0 Å². The molecule has 2 aliphatic rings. The van der Waals surface area contributed by atoms with Gasteiger partial charge in [-0.1, -0.05) is 98.5 Å². The van der Waals surface area contributed by atoms with E-state index in [-0.39, 0.29) is 11.2 Å². The van der Waals surface area contributed by atoms with Crippen LogP contribution >= 0.6 is 23.1 Å². The van der Waals surface area contributed by atoms with Crippen LogP contribution in [-0.4, -0.2) is 16.0 Å². The smallest absolute Gasteiger partial charge is 0.219 e. The van der Waals surface area contributed by atoms with Crippen molar-refractivity contribution in [1.29, 1.82) is 5.26 Å². The number of ketones is 1. The zero-order valence-electron chi connectivity index (χ0n) is 21.2. The number of allylic oxidation sites excluding steroid dienone is 3. The summed E-state index contributed by atoms with van der Waals surface area (Å²) in [5.74, 6) is 0.682. The second kappa shape index (κ2) is 10.2. The largest absolute Gasteiger partial charge is 0.384 e. The Labute approximate surface area is 225 Å². The maximum absolute atomic E-state index is 13.7. The number of aromatic nitrogens is 2. The number of anilines is 1. The van der Waals surface area contributed by atoms with Crippen LogP contribution in [0.1, 0.15) is 56.2 Å². The lowest BCUT2D eigenvalue weighted by Crippen LogP contribution is -2.42. The molecule has 5 rings (SSSR count). The van der Waals surface area contributed by atoms with E-state index in [1.807, 2.05) is 35.2 Å². The van der Waals surface area contributed by atoms with E-state index in [0.29, 0.717) is 34.9 Å². The lowest BCUT2D eigenvalue weighted by molar-refractivity contribution is -0.118. The van der Waals surface area contributed by atoms with E-state index in [2.05, 4.69) is 61.3 Å². The Morgan fingerprint density at radius 2 is 1.84 bits per heavy atom. The molecule has 0 radical (unpaired) electrons. The molecule has 0 spiro atoms. The van der Waals surface area contributed by atoms with Gasteiger partial charge in [-0.25, -0.2) is 0 Å². The summed E-state index contributed by atoms with van der Waals surface area (Å²) >= 11 is 3.04. The third-order valence-corrected chi connectivity index (χ3v) is 9.01. The molecule has 0 saturated heterocycles. The van der Waals surface area contributed by atoms with Crippen LogP contribution in [0, 0.1) is 16.7 Å². The maximum Gasteiger partial charge on any atom is 0.219 e. The van der Waals surface area contributed by atoms with Gasteiger partial charge in [-0.05, 0) is 34.9 Å². The Balaban J connectivity index is 1.57. The van der Waals surface area contributed by atoms with Crippen molar-refractivity contribution < 1.29 is 4.79 Å². The van der Waals surface area contributed by atoms with Crippen molar-refractivity contribution in [3.05, 3.63) is 94.0 Å². The van der Waals surface area contributed by atoms with Crippen molar-refractivity contribution in [2.24, 2.45) is 11.1 Å². The van der Waals surface area contributed by atoms with Gasteiger partial charge in [0.25, 0.3) is 0 Å². The van der Waals surface area contributed by atoms with Gasteiger partial charge in [0.05, 0.1) is 17.6 Å². The number of nitrogens with zero attached hydrogens (tertiary/aromatic N) is 4. The number of carbonyl (C=O) groups excluding carboxylic acids is 1. The lowest BCUT2D eigenvalue weighted by atomic mass is 9.68. The van der Waals surface area contributed by atoms with Gasteiger partial charge in [0, 0.05) is 23.4 Å². The predicted molar refractivity (Wildman–Crippen MR) is 149 cm³/mol. The molecule has 8 heteroatoms. The first-order valence-corrected chi connectivity index (χ1v) is 14.2. The fourth-order valence-electron chi connectivity index (χ4n) is 5.08. The number of aryl methyl sites for hydroxylation is 1. The van der Waals surface area contributed by atoms with E-state index in [0.717, 1.165) is 27.8 Å². The Hall–Kier alpha value is -3.41. The minimum atomic E-state index is -0.481. The van der Waals surface area contributed by atoms with E-state index in [9.17, 15) is 10.1 Å². The monoisotopic (exact) mass is 527 g/mol. The van der Waals surface area contributed by atoms with Crippen molar-refractivity contribution in [3.63, 3.8) is 0 Å². The molecular weight excluding hydrogens is 498 g/mol. The van der Waals surface area contributed by atoms with Crippen LogP contribution < -0.4 is 10.6 Å². The fraction of sp³-hybridized carbons (Fsp3) is 0.310. The second-order valence-electron chi connectivity index (χ2n) is 10.2. The van der Waals surface area contributed by atoms with Gasteiger partial charge in [0.1, 0.15) is 5.82 Å². The number of hydrogen-bond donors (Lipinski definition) is 1. The molecule has 0 bridgehead atoms. The first-order chi connectivity index (χ1) is 17.8. The van der Waals surface area contributed by atoms with Gasteiger partial charge in [-0.2, -0.15) is 5.26 Å². The summed E-state index contributed by atoms with van der Waals surface area (Å²) < 4.78 is 0.811. The van der Waals surface area contributed by atoms with Crippen LogP contribution in [0.15, 0.2) is 81.6 Å². The Morgan fingerprint density at radius 3 is 2.51 bits per heavy atom. The number of nitriles is 1. The van der Waals surface area contributed by atoms with Crippen molar-refractivity contribution in [2.75, 3.05) is 4.90 Å². The van der Waals surface area contributed by atoms with Gasteiger partial charge < -0.3 is 5.73 Å². The zero-order chi connectivity index (χ0) is 26.2. The van der Waals surface area contributed by atoms with Crippen LogP contribution in [0.5, 0.6) is 0 Å². The van der Waals surface area contributed by atoms with Crippen molar-refractivity contribution in [2.45, 2.75) is 56.0 Å². The highest BCUT2D eigenvalue weighted by Crippen LogP contribution is 2.50. The van der Waals surface area contributed by atoms with Gasteiger partial charge in [-0.15, -0.1) is 10.2 Å². The fourth-order valence-corrected chi connectivity index (χ4v) is 6.91. The summed E-state index contributed by atoms with van der Waals surface area (Å²) in [5.41, 5.74) is 11.7. The molecule has 0 fully saturated rings. The number of carbonyl (C=O) groups is 1. The summed E-state index contributed by atoms with van der Waals surface area (Å²) in [6.45, 7) is 6.30. The highest BCUT2D eigenvalue weighted by molar-refractivity contribution is 8.00. The van der Waals surface area contributed by atoms with E-state index in [1.54, 1.807) is 11.8 Å². The zero-order valence-corrected chi connectivity index (χ0v) is 22.8. The molecule has 188 valence electrons. The quantitative estimate of drug-likeness (QED) is 0.374. The minimum Gasteiger partial charge on any atom is -0.384 e. The van der Waals surface area contributed by atoms with Crippen LogP contribution in [-0.2, 0) is 17.0 Å². The van der Waals surface area contributed by atoms with E-state index < -0.39 is 5.92 Å². The first-order valence-electron chi connectivity index (χ1n) is 12.4. The van der Waals surface area contributed by atoms with E-state index >= 15 is 0 Å². The van der Waals surface area contributed by atoms with Crippen molar-refractivity contribution in [1.82, 2.24) is 10.2 Å². The molecule has 1 aliphatic carbocycles. The normalized spacial score (nSPS) is 19.1. The summed E-state index contributed by atoms with van der Waals surface area (Å²) in [4.78, 5) is 15.5. The minimum absolute atomic E-state index is 0.0595. The van der Waals surface area contributed by atoms with Crippen LogP contribution in [0.4, 0.5) is 5.13 Å².